The minimum Gasteiger partial charge on any atom is -0.390 e. The molecule has 0 spiro atoms. The molecule has 1 aliphatic rings. The van der Waals surface area contributed by atoms with Gasteiger partial charge in [0.15, 0.2) is 0 Å². The van der Waals surface area contributed by atoms with Crippen LogP contribution in [0.4, 0.5) is 0 Å². The normalized spacial score (nSPS) is 37.2. The molecule has 0 aromatic rings. The van der Waals surface area contributed by atoms with Crippen molar-refractivity contribution in [2.45, 2.75) is 58.5 Å². The van der Waals surface area contributed by atoms with Gasteiger partial charge in [-0.3, -0.25) is 0 Å². The van der Waals surface area contributed by atoms with Crippen molar-refractivity contribution in [3.8, 4) is 0 Å². The third-order valence-corrected chi connectivity index (χ3v) is 3.52. The van der Waals surface area contributed by atoms with Crippen LogP contribution >= 0.6 is 0 Å². The Morgan fingerprint density at radius 3 is 2.67 bits per heavy atom. The van der Waals surface area contributed by atoms with Crippen molar-refractivity contribution in [2.75, 3.05) is 0 Å². The summed E-state index contributed by atoms with van der Waals surface area (Å²) >= 11 is 0. The smallest absolute Gasteiger partial charge is 0.0673 e. The van der Waals surface area contributed by atoms with Crippen LogP contribution < -0.4 is 0 Å². The van der Waals surface area contributed by atoms with Crippen molar-refractivity contribution in [3.63, 3.8) is 0 Å². The molecule has 1 heteroatoms. The van der Waals surface area contributed by atoms with E-state index in [1.54, 1.807) is 0 Å². The fourth-order valence-corrected chi connectivity index (χ4v) is 2.27. The molecule has 12 heavy (non-hydrogen) atoms. The zero-order chi connectivity index (χ0) is 9.19. The minimum atomic E-state index is -0.348. The fraction of sp³-hybridized carbons (Fsp3) is 1.00. The van der Waals surface area contributed by atoms with Crippen LogP contribution in [0.25, 0.3) is 0 Å². The van der Waals surface area contributed by atoms with Gasteiger partial charge in [0, 0.05) is 0 Å². The summed E-state index contributed by atoms with van der Waals surface area (Å²) in [5.74, 6) is 1.19. The molecule has 0 saturated heterocycles. The summed E-state index contributed by atoms with van der Waals surface area (Å²) in [4.78, 5) is 0. The van der Waals surface area contributed by atoms with E-state index in [9.17, 15) is 5.11 Å². The van der Waals surface area contributed by atoms with Crippen molar-refractivity contribution < 1.29 is 5.11 Å². The van der Waals surface area contributed by atoms with E-state index in [0.717, 1.165) is 18.8 Å². The second-order valence-electron chi connectivity index (χ2n) is 4.63. The Morgan fingerprint density at radius 1 is 1.50 bits per heavy atom. The highest BCUT2D eigenvalue weighted by molar-refractivity contribution is 4.88. The van der Waals surface area contributed by atoms with Gasteiger partial charge in [-0.05, 0) is 24.7 Å². The Kier molecular flexibility index (Phi) is 3.16. The third-order valence-electron chi connectivity index (χ3n) is 3.52. The van der Waals surface area contributed by atoms with E-state index in [1.807, 2.05) is 0 Å². The number of hydrogen-bond donors (Lipinski definition) is 1. The van der Waals surface area contributed by atoms with Crippen molar-refractivity contribution in [3.05, 3.63) is 0 Å². The van der Waals surface area contributed by atoms with E-state index in [0.29, 0.717) is 5.92 Å². The van der Waals surface area contributed by atoms with Crippen LogP contribution in [0.5, 0.6) is 0 Å². The fourth-order valence-electron chi connectivity index (χ4n) is 2.27. The van der Waals surface area contributed by atoms with Crippen LogP contribution in [-0.2, 0) is 0 Å². The number of aliphatic hydroxyl groups is 1. The van der Waals surface area contributed by atoms with Gasteiger partial charge in [0.2, 0.25) is 0 Å². The summed E-state index contributed by atoms with van der Waals surface area (Å²) < 4.78 is 0. The lowest BCUT2D eigenvalue weighted by atomic mass is 9.72. The molecule has 0 aromatic heterocycles. The van der Waals surface area contributed by atoms with Crippen molar-refractivity contribution in [1.29, 1.82) is 0 Å². The highest BCUT2D eigenvalue weighted by atomic mass is 16.3. The van der Waals surface area contributed by atoms with Gasteiger partial charge in [0.1, 0.15) is 0 Å². The molecule has 2 unspecified atom stereocenters. The molecule has 1 rings (SSSR count). The maximum Gasteiger partial charge on any atom is 0.0673 e. The quantitative estimate of drug-likeness (QED) is 0.675. The molecule has 0 amide bonds. The highest BCUT2D eigenvalue weighted by Gasteiger charge is 2.35. The summed E-state index contributed by atoms with van der Waals surface area (Å²) in [5, 5.41) is 10.3. The minimum absolute atomic E-state index is 0.348. The maximum atomic E-state index is 10.3. The van der Waals surface area contributed by atoms with Crippen LogP contribution in [0.1, 0.15) is 52.9 Å². The van der Waals surface area contributed by atoms with Gasteiger partial charge in [-0.2, -0.15) is 0 Å². The lowest BCUT2D eigenvalue weighted by Gasteiger charge is -2.39. The number of rotatable bonds is 2. The first kappa shape index (κ1) is 10.0. The summed E-state index contributed by atoms with van der Waals surface area (Å²) in [5.41, 5.74) is -0.348. The largest absolute Gasteiger partial charge is 0.390 e. The predicted octanol–water partition coefficient (Wildman–Crippen LogP) is 2.97. The Labute approximate surface area is 76.2 Å². The van der Waals surface area contributed by atoms with Gasteiger partial charge in [-0.25, -0.2) is 0 Å². The van der Waals surface area contributed by atoms with E-state index >= 15 is 0 Å². The molecular formula is C11H22O. The first-order valence-electron chi connectivity index (χ1n) is 5.31. The predicted molar refractivity (Wildman–Crippen MR) is 52.0 cm³/mol. The summed E-state index contributed by atoms with van der Waals surface area (Å²) in [6.45, 7) is 6.51. The van der Waals surface area contributed by atoms with E-state index in [2.05, 4.69) is 20.8 Å². The zero-order valence-electron chi connectivity index (χ0n) is 8.64. The summed E-state index contributed by atoms with van der Waals surface area (Å²) in [6, 6.07) is 0. The second-order valence-corrected chi connectivity index (χ2v) is 4.63. The summed E-state index contributed by atoms with van der Waals surface area (Å²) in [6.07, 6.45) is 5.82. The lowest BCUT2D eigenvalue weighted by molar-refractivity contribution is -0.0543. The number of hydrogen-bond acceptors (Lipinski definition) is 1. The van der Waals surface area contributed by atoms with Crippen LogP contribution in [0.3, 0.4) is 0 Å². The molecule has 1 fully saturated rings. The third kappa shape index (κ3) is 2.01. The van der Waals surface area contributed by atoms with E-state index in [1.165, 1.54) is 19.3 Å². The molecule has 0 bridgehead atoms. The Morgan fingerprint density at radius 2 is 2.17 bits per heavy atom. The van der Waals surface area contributed by atoms with Gasteiger partial charge in [0.05, 0.1) is 5.60 Å². The molecule has 1 saturated carbocycles. The van der Waals surface area contributed by atoms with Crippen molar-refractivity contribution in [2.24, 2.45) is 11.8 Å². The Hall–Kier alpha value is -0.0400. The summed E-state index contributed by atoms with van der Waals surface area (Å²) in [7, 11) is 0. The lowest BCUT2D eigenvalue weighted by Crippen LogP contribution is -2.40. The monoisotopic (exact) mass is 170 g/mol. The maximum absolute atomic E-state index is 10.3. The first-order valence-corrected chi connectivity index (χ1v) is 5.31. The molecule has 0 heterocycles. The SMILES string of the molecule is CCC1CCCC(O)(C(C)C)C1. The molecule has 1 aliphatic carbocycles. The molecule has 0 aliphatic heterocycles. The second kappa shape index (κ2) is 3.78. The zero-order valence-corrected chi connectivity index (χ0v) is 8.64. The van der Waals surface area contributed by atoms with Gasteiger partial charge in [-0.15, -0.1) is 0 Å². The van der Waals surface area contributed by atoms with Crippen molar-refractivity contribution >= 4 is 0 Å². The van der Waals surface area contributed by atoms with Crippen LogP contribution in [0.15, 0.2) is 0 Å². The Bertz CT molecular complexity index is 142. The molecule has 1 nitrogen and oxygen atoms in total. The van der Waals surface area contributed by atoms with E-state index in [-0.39, 0.29) is 5.60 Å². The van der Waals surface area contributed by atoms with Gasteiger partial charge in [0.25, 0.3) is 0 Å². The highest BCUT2D eigenvalue weighted by Crippen LogP contribution is 2.38. The van der Waals surface area contributed by atoms with Gasteiger partial charge >= 0.3 is 0 Å². The molecule has 2 atom stereocenters. The molecule has 0 radical (unpaired) electrons. The molecule has 72 valence electrons. The van der Waals surface area contributed by atoms with Crippen molar-refractivity contribution in [1.82, 2.24) is 0 Å². The van der Waals surface area contributed by atoms with E-state index in [4.69, 9.17) is 0 Å². The van der Waals surface area contributed by atoms with Crippen LogP contribution in [0.2, 0.25) is 0 Å². The topological polar surface area (TPSA) is 20.2 Å². The van der Waals surface area contributed by atoms with Gasteiger partial charge < -0.3 is 5.11 Å². The molecular weight excluding hydrogens is 148 g/mol. The molecule has 0 aromatic carbocycles. The van der Waals surface area contributed by atoms with Crippen LogP contribution in [0, 0.1) is 11.8 Å². The van der Waals surface area contributed by atoms with Crippen LogP contribution in [-0.4, -0.2) is 10.7 Å². The standard InChI is InChI=1S/C11H22O/c1-4-10-6-5-7-11(12,8-10)9(2)3/h9-10,12H,4-8H2,1-3H3. The average molecular weight is 170 g/mol. The Balaban J connectivity index is 2.54. The first-order chi connectivity index (χ1) is 5.58. The van der Waals surface area contributed by atoms with E-state index < -0.39 is 0 Å². The average Bonchev–Trinajstić information content (AvgIpc) is 2.04. The van der Waals surface area contributed by atoms with Gasteiger partial charge in [-0.1, -0.05) is 40.0 Å². The molecule has 1 N–H and O–H groups in total.